The van der Waals surface area contributed by atoms with Gasteiger partial charge in [-0.3, -0.25) is 4.79 Å². The summed E-state index contributed by atoms with van der Waals surface area (Å²) in [6.07, 6.45) is 2.94. The van der Waals surface area contributed by atoms with Crippen LogP contribution in [0.15, 0.2) is 49.1 Å². The van der Waals surface area contributed by atoms with Gasteiger partial charge in [0.25, 0.3) is 5.91 Å². The minimum absolute atomic E-state index is 0.184. The van der Waals surface area contributed by atoms with Gasteiger partial charge in [0.1, 0.15) is 12.7 Å². The van der Waals surface area contributed by atoms with Crippen molar-refractivity contribution in [1.29, 1.82) is 0 Å². The van der Waals surface area contributed by atoms with Gasteiger partial charge >= 0.3 is 0 Å². The summed E-state index contributed by atoms with van der Waals surface area (Å²) in [5.41, 5.74) is 2.23. The van der Waals surface area contributed by atoms with E-state index in [0.29, 0.717) is 12.4 Å². The topological polar surface area (TPSA) is 76.8 Å². The molecule has 0 saturated heterocycles. The average molecular weight is 308 g/mol. The lowest BCUT2D eigenvalue weighted by atomic mass is 10.2. The first-order chi connectivity index (χ1) is 11.2. The minimum atomic E-state index is -0.184. The molecular formula is C16H16N6O. The number of aryl methyl sites for hydroxylation is 1. The number of benzene rings is 1. The summed E-state index contributed by atoms with van der Waals surface area (Å²) in [4.78, 5) is 18.2. The maximum Gasteiger partial charge on any atom is 0.278 e. The molecule has 2 heterocycles. The Hall–Kier alpha value is -3.09. The highest BCUT2D eigenvalue weighted by Crippen LogP contribution is 2.18. The highest BCUT2D eigenvalue weighted by Gasteiger charge is 2.18. The van der Waals surface area contributed by atoms with Crippen LogP contribution < -0.4 is 4.90 Å². The van der Waals surface area contributed by atoms with Crippen LogP contribution in [0.25, 0.3) is 5.82 Å². The fraction of sp³-hybridized carbons (Fsp3) is 0.188. The standard InChI is InChI=1S/C16H16N6O/c1-3-21(13-6-4-5-12(2)9-13)16(23)14-7-8-15(20-19-14)22-11-17-10-18-22/h4-11H,3H2,1-2H3. The van der Waals surface area contributed by atoms with E-state index in [2.05, 4.69) is 20.3 Å². The lowest BCUT2D eigenvalue weighted by molar-refractivity contribution is 0.0982. The Labute approximate surface area is 133 Å². The Morgan fingerprint density at radius 1 is 1.22 bits per heavy atom. The predicted molar refractivity (Wildman–Crippen MR) is 85.5 cm³/mol. The van der Waals surface area contributed by atoms with Crippen molar-refractivity contribution >= 4 is 11.6 Å². The summed E-state index contributed by atoms with van der Waals surface area (Å²) in [5.74, 6) is 0.327. The Kier molecular flexibility index (Phi) is 4.09. The van der Waals surface area contributed by atoms with E-state index in [1.165, 1.54) is 17.3 Å². The Bertz CT molecular complexity index is 798. The summed E-state index contributed by atoms with van der Waals surface area (Å²) in [7, 11) is 0. The van der Waals surface area contributed by atoms with Crippen molar-refractivity contribution in [2.75, 3.05) is 11.4 Å². The van der Waals surface area contributed by atoms with Crippen LogP contribution in [0.4, 0.5) is 5.69 Å². The van der Waals surface area contributed by atoms with Crippen LogP contribution in [-0.2, 0) is 0 Å². The third kappa shape index (κ3) is 3.08. The van der Waals surface area contributed by atoms with Crippen molar-refractivity contribution in [2.45, 2.75) is 13.8 Å². The van der Waals surface area contributed by atoms with Gasteiger partial charge in [-0.15, -0.1) is 10.2 Å². The van der Waals surface area contributed by atoms with Gasteiger partial charge in [-0.25, -0.2) is 9.67 Å². The van der Waals surface area contributed by atoms with Crippen molar-refractivity contribution in [2.24, 2.45) is 0 Å². The van der Waals surface area contributed by atoms with E-state index in [1.807, 2.05) is 38.1 Å². The first-order valence-corrected chi connectivity index (χ1v) is 7.26. The Morgan fingerprint density at radius 3 is 2.70 bits per heavy atom. The zero-order chi connectivity index (χ0) is 16.2. The number of hydrogen-bond donors (Lipinski definition) is 0. The zero-order valence-electron chi connectivity index (χ0n) is 12.9. The van der Waals surface area contributed by atoms with Crippen LogP contribution >= 0.6 is 0 Å². The Morgan fingerprint density at radius 2 is 2.09 bits per heavy atom. The molecule has 23 heavy (non-hydrogen) atoms. The molecule has 0 unspecified atom stereocenters. The SMILES string of the molecule is CCN(C(=O)c1ccc(-n2cncn2)nn1)c1cccc(C)c1. The second-order valence-electron chi connectivity index (χ2n) is 5.01. The second-order valence-corrected chi connectivity index (χ2v) is 5.01. The number of amides is 1. The molecule has 0 bridgehead atoms. The smallest absolute Gasteiger partial charge is 0.278 e. The molecule has 2 aromatic heterocycles. The lowest BCUT2D eigenvalue weighted by Gasteiger charge is -2.20. The molecule has 3 rings (SSSR count). The van der Waals surface area contributed by atoms with Crippen LogP contribution in [0.2, 0.25) is 0 Å². The van der Waals surface area contributed by atoms with Gasteiger partial charge in [0.15, 0.2) is 11.5 Å². The summed E-state index contributed by atoms with van der Waals surface area (Å²) in [6.45, 7) is 4.47. The van der Waals surface area contributed by atoms with Crippen molar-refractivity contribution in [1.82, 2.24) is 25.0 Å². The van der Waals surface area contributed by atoms with Gasteiger partial charge in [0.2, 0.25) is 0 Å². The van der Waals surface area contributed by atoms with Gasteiger partial charge in [-0.2, -0.15) is 5.10 Å². The first kappa shape index (κ1) is 14.8. The molecule has 1 amide bonds. The maximum absolute atomic E-state index is 12.7. The molecule has 0 aliphatic heterocycles. The van der Waals surface area contributed by atoms with Crippen LogP contribution in [0.1, 0.15) is 23.0 Å². The van der Waals surface area contributed by atoms with E-state index >= 15 is 0 Å². The summed E-state index contributed by atoms with van der Waals surface area (Å²) in [6, 6.07) is 11.1. The third-order valence-electron chi connectivity index (χ3n) is 3.40. The van der Waals surface area contributed by atoms with E-state index in [9.17, 15) is 4.79 Å². The fourth-order valence-electron chi connectivity index (χ4n) is 2.27. The number of hydrogen-bond acceptors (Lipinski definition) is 5. The van der Waals surface area contributed by atoms with Crippen molar-refractivity contribution in [3.63, 3.8) is 0 Å². The first-order valence-electron chi connectivity index (χ1n) is 7.26. The molecule has 7 nitrogen and oxygen atoms in total. The van der Waals surface area contributed by atoms with Crippen molar-refractivity contribution in [3.05, 3.63) is 60.3 Å². The van der Waals surface area contributed by atoms with Crippen molar-refractivity contribution in [3.8, 4) is 5.82 Å². The molecule has 0 radical (unpaired) electrons. The second kappa shape index (κ2) is 6.35. The number of nitrogens with zero attached hydrogens (tertiary/aromatic N) is 6. The molecule has 0 atom stereocenters. The molecule has 7 heteroatoms. The highest BCUT2D eigenvalue weighted by atomic mass is 16.2. The average Bonchev–Trinajstić information content (AvgIpc) is 3.10. The van der Waals surface area contributed by atoms with Gasteiger partial charge < -0.3 is 4.90 Å². The number of carbonyl (C=O) groups excluding carboxylic acids is 1. The molecule has 3 aromatic rings. The number of rotatable bonds is 4. The molecule has 0 N–H and O–H groups in total. The van der Waals surface area contributed by atoms with Gasteiger partial charge in [0, 0.05) is 12.2 Å². The van der Waals surface area contributed by atoms with Gasteiger partial charge in [0.05, 0.1) is 0 Å². The van der Waals surface area contributed by atoms with Gasteiger partial charge in [-0.05, 0) is 43.7 Å². The predicted octanol–water partition coefficient (Wildman–Crippen LogP) is 2.03. The third-order valence-corrected chi connectivity index (χ3v) is 3.40. The van der Waals surface area contributed by atoms with E-state index in [4.69, 9.17) is 0 Å². The molecule has 0 fully saturated rings. The summed E-state index contributed by atoms with van der Waals surface area (Å²) >= 11 is 0. The molecule has 1 aromatic carbocycles. The van der Waals surface area contributed by atoms with Crippen LogP contribution in [0.3, 0.4) is 0 Å². The minimum Gasteiger partial charge on any atom is -0.307 e. The monoisotopic (exact) mass is 308 g/mol. The normalized spacial score (nSPS) is 10.5. The van der Waals surface area contributed by atoms with E-state index in [0.717, 1.165) is 11.3 Å². The van der Waals surface area contributed by atoms with Crippen LogP contribution in [0.5, 0.6) is 0 Å². The number of aromatic nitrogens is 5. The van der Waals surface area contributed by atoms with E-state index < -0.39 is 0 Å². The molecular weight excluding hydrogens is 292 g/mol. The lowest BCUT2D eigenvalue weighted by Crippen LogP contribution is -2.31. The van der Waals surface area contributed by atoms with Gasteiger partial charge in [-0.1, -0.05) is 12.1 Å². The number of anilines is 1. The molecule has 0 aliphatic rings. The fourth-order valence-corrected chi connectivity index (χ4v) is 2.27. The van der Waals surface area contributed by atoms with Crippen LogP contribution in [0, 0.1) is 6.92 Å². The van der Waals surface area contributed by atoms with Crippen LogP contribution in [-0.4, -0.2) is 37.4 Å². The zero-order valence-corrected chi connectivity index (χ0v) is 12.9. The summed E-state index contributed by atoms with van der Waals surface area (Å²) in [5, 5.41) is 12.0. The molecule has 116 valence electrons. The maximum atomic E-state index is 12.7. The molecule has 0 aliphatic carbocycles. The Balaban J connectivity index is 1.86. The van der Waals surface area contributed by atoms with E-state index in [-0.39, 0.29) is 11.6 Å². The number of carbonyl (C=O) groups is 1. The van der Waals surface area contributed by atoms with Crippen molar-refractivity contribution < 1.29 is 4.79 Å². The molecule has 0 saturated carbocycles. The largest absolute Gasteiger partial charge is 0.307 e. The van der Waals surface area contributed by atoms with E-state index in [1.54, 1.807) is 17.0 Å². The quantitative estimate of drug-likeness (QED) is 0.737. The summed E-state index contributed by atoms with van der Waals surface area (Å²) < 4.78 is 1.49. The molecule has 0 spiro atoms. The highest BCUT2D eigenvalue weighted by molar-refractivity contribution is 6.04.